The van der Waals surface area contributed by atoms with E-state index in [1.54, 1.807) is 0 Å². The molecule has 158 valence electrons. The predicted octanol–water partition coefficient (Wildman–Crippen LogP) is 3.92. The normalized spacial score (nSPS) is 25.3. The first kappa shape index (κ1) is 20.4. The van der Waals surface area contributed by atoms with Gasteiger partial charge in [-0.15, -0.1) is 0 Å². The van der Waals surface area contributed by atoms with Crippen molar-refractivity contribution in [3.05, 3.63) is 17.2 Å². The van der Waals surface area contributed by atoms with Crippen molar-refractivity contribution in [3.63, 3.8) is 0 Å². The van der Waals surface area contributed by atoms with Crippen LogP contribution >= 0.6 is 0 Å². The van der Waals surface area contributed by atoms with Gasteiger partial charge in [0.15, 0.2) is 0 Å². The van der Waals surface area contributed by atoms with Gasteiger partial charge in [0.05, 0.1) is 11.8 Å². The number of nitrogens with one attached hydrogen (secondary N) is 1. The maximum Gasteiger partial charge on any atom is 0.106 e. The first-order valence-corrected chi connectivity index (χ1v) is 11.8. The van der Waals surface area contributed by atoms with E-state index >= 15 is 0 Å². The maximum atomic E-state index is 5.97. The molecule has 1 atom stereocenters. The molecule has 0 aromatic carbocycles. The number of likely N-dealkylation sites (tertiary alicyclic amines) is 1. The Hall–Kier alpha value is -0.910. The lowest BCUT2D eigenvalue weighted by Gasteiger charge is -2.38. The summed E-state index contributed by atoms with van der Waals surface area (Å²) in [7, 11) is 0. The number of aromatic nitrogens is 2. The second kappa shape index (κ2) is 9.73. The molecule has 2 saturated heterocycles. The van der Waals surface area contributed by atoms with Gasteiger partial charge in [0.25, 0.3) is 0 Å². The number of aromatic amines is 1. The highest BCUT2D eigenvalue weighted by Crippen LogP contribution is 2.28. The maximum absolute atomic E-state index is 5.97. The first-order valence-electron chi connectivity index (χ1n) is 11.8. The van der Waals surface area contributed by atoms with Crippen molar-refractivity contribution in [2.75, 3.05) is 32.8 Å². The Morgan fingerprint density at radius 3 is 2.50 bits per heavy atom. The Balaban J connectivity index is 1.34. The molecule has 5 nitrogen and oxygen atoms in total. The molecule has 0 radical (unpaired) electrons. The minimum Gasteiger partial charge on any atom is -0.377 e. The van der Waals surface area contributed by atoms with Crippen molar-refractivity contribution in [1.29, 1.82) is 0 Å². The van der Waals surface area contributed by atoms with E-state index in [0.717, 1.165) is 43.9 Å². The summed E-state index contributed by atoms with van der Waals surface area (Å²) in [5.74, 6) is 1.94. The smallest absolute Gasteiger partial charge is 0.106 e. The minimum absolute atomic E-state index is 0.420. The van der Waals surface area contributed by atoms with Gasteiger partial charge < -0.3 is 14.6 Å². The number of ether oxygens (including phenoxy) is 1. The van der Waals surface area contributed by atoms with Crippen LogP contribution in [0.15, 0.2) is 0 Å². The van der Waals surface area contributed by atoms with Crippen LogP contribution in [0, 0.1) is 12.8 Å². The fraction of sp³-hybridized carbons (Fsp3) is 0.870. The zero-order chi connectivity index (χ0) is 19.3. The van der Waals surface area contributed by atoms with Crippen molar-refractivity contribution >= 4 is 0 Å². The number of aryl methyl sites for hydroxylation is 2. The van der Waals surface area contributed by atoms with Crippen molar-refractivity contribution in [1.82, 2.24) is 19.8 Å². The van der Waals surface area contributed by atoms with E-state index in [9.17, 15) is 0 Å². The molecule has 1 aliphatic carbocycles. The molecule has 5 heteroatoms. The Morgan fingerprint density at radius 2 is 1.86 bits per heavy atom. The summed E-state index contributed by atoms with van der Waals surface area (Å²) < 4.78 is 5.97. The minimum atomic E-state index is 0.420. The summed E-state index contributed by atoms with van der Waals surface area (Å²) >= 11 is 0. The van der Waals surface area contributed by atoms with E-state index in [1.165, 1.54) is 82.4 Å². The highest BCUT2D eigenvalue weighted by molar-refractivity contribution is 5.13. The van der Waals surface area contributed by atoms with E-state index in [2.05, 4.69) is 28.6 Å². The van der Waals surface area contributed by atoms with Gasteiger partial charge in [0.2, 0.25) is 0 Å². The Kier molecular flexibility index (Phi) is 7.08. The lowest BCUT2D eigenvalue weighted by molar-refractivity contribution is 0.0535. The van der Waals surface area contributed by atoms with Crippen molar-refractivity contribution in [2.45, 2.75) is 90.3 Å². The Morgan fingerprint density at radius 1 is 1.07 bits per heavy atom. The third-order valence-electron chi connectivity index (χ3n) is 7.24. The molecule has 1 N–H and O–H groups in total. The Labute approximate surface area is 171 Å². The Bertz CT molecular complexity index is 596. The fourth-order valence-corrected chi connectivity index (χ4v) is 5.51. The van der Waals surface area contributed by atoms with Crippen LogP contribution in [-0.2, 0) is 17.7 Å². The largest absolute Gasteiger partial charge is 0.377 e. The van der Waals surface area contributed by atoms with Crippen LogP contribution in [0.25, 0.3) is 0 Å². The van der Waals surface area contributed by atoms with Crippen molar-refractivity contribution in [2.24, 2.45) is 5.92 Å². The van der Waals surface area contributed by atoms with Gasteiger partial charge in [-0.2, -0.15) is 0 Å². The lowest BCUT2D eigenvalue weighted by atomic mass is 9.94. The summed E-state index contributed by atoms with van der Waals surface area (Å²) in [6.07, 6.45) is 12.3. The van der Waals surface area contributed by atoms with E-state index in [0.29, 0.717) is 6.10 Å². The van der Waals surface area contributed by atoms with E-state index < -0.39 is 0 Å². The fourth-order valence-electron chi connectivity index (χ4n) is 5.51. The molecular weight excluding hydrogens is 348 g/mol. The zero-order valence-electron chi connectivity index (χ0n) is 18.1. The van der Waals surface area contributed by atoms with Gasteiger partial charge in [-0.1, -0.05) is 19.8 Å². The van der Waals surface area contributed by atoms with Gasteiger partial charge in [-0.25, -0.2) is 4.98 Å². The van der Waals surface area contributed by atoms with Crippen molar-refractivity contribution < 1.29 is 4.74 Å². The molecule has 3 heterocycles. The summed E-state index contributed by atoms with van der Waals surface area (Å²) in [4.78, 5) is 13.8. The quantitative estimate of drug-likeness (QED) is 0.733. The van der Waals surface area contributed by atoms with Gasteiger partial charge in [0.1, 0.15) is 5.82 Å². The molecular formula is C23H40N4O. The number of hydrogen-bond acceptors (Lipinski definition) is 4. The number of piperidine rings is 1. The molecule has 0 bridgehead atoms. The summed E-state index contributed by atoms with van der Waals surface area (Å²) in [6, 6.07) is 0.892. The standard InChI is InChI=1S/C23H40N4O/c1-3-23-24-18(2)22(25-23)17-26(16-21-9-6-14-28-21)15-19-10-12-27(13-11-19)20-7-4-5-8-20/h19-21H,3-17H2,1-2H3,(H,24,25). The second-order valence-corrected chi connectivity index (χ2v) is 9.36. The number of rotatable bonds is 8. The molecule has 1 aromatic rings. The molecule has 28 heavy (non-hydrogen) atoms. The van der Waals surface area contributed by atoms with Gasteiger partial charge >= 0.3 is 0 Å². The van der Waals surface area contributed by atoms with Crippen LogP contribution in [0.5, 0.6) is 0 Å². The third-order valence-corrected chi connectivity index (χ3v) is 7.24. The molecule has 2 aliphatic heterocycles. The van der Waals surface area contributed by atoms with Crippen LogP contribution < -0.4 is 0 Å². The van der Waals surface area contributed by atoms with Crippen LogP contribution in [0.4, 0.5) is 0 Å². The monoisotopic (exact) mass is 388 g/mol. The van der Waals surface area contributed by atoms with Crippen LogP contribution in [0.2, 0.25) is 0 Å². The lowest BCUT2D eigenvalue weighted by Crippen LogP contribution is -2.43. The van der Waals surface area contributed by atoms with Gasteiger partial charge in [-0.3, -0.25) is 4.90 Å². The highest BCUT2D eigenvalue weighted by Gasteiger charge is 2.29. The molecule has 3 aliphatic rings. The number of hydrogen-bond donors (Lipinski definition) is 1. The molecule has 0 spiro atoms. The average Bonchev–Trinajstić information content (AvgIpc) is 3.46. The second-order valence-electron chi connectivity index (χ2n) is 9.36. The van der Waals surface area contributed by atoms with Gasteiger partial charge in [0, 0.05) is 44.4 Å². The van der Waals surface area contributed by atoms with Crippen molar-refractivity contribution in [3.8, 4) is 0 Å². The SMILES string of the molecule is CCc1nc(CN(CC2CCN(C3CCCC3)CC2)CC2CCCO2)c(C)[nH]1. The molecule has 1 saturated carbocycles. The predicted molar refractivity (Wildman–Crippen MR) is 114 cm³/mol. The van der Waals surface area contributed by atoms with Gasteiger partial charge in [-0.05, 0) is 64.5 Å². The topological polar surface area (TPSA) is 44.4 Å². The van der Waals surface area contributed by atoms with Crippen LogP contribution in [0.3, 0.4) is 0 Å². The average molecular weight is 389 g/mol. The number of nitrogens with zero attached hydrogens (tertiary/aromatic N) is 3. The number of imidazole rings is 1. The molecule has 0 amide bonds. The summed E-state index contributed by atoms with van der Waals surface area (Å²) in [6.45, 7) is 11.1. The van der Waals surface area contributed by atoms with E-state index in [1.807, 2.05) is 0 Å². The molecule has 4 rings (SSSR count). The summed E-state index contributed by atoms with van der Waals surface area (Å²) in [5, 5.41) is 0. The molecule has 3 fully saturated rings. The first-order chi connectivity index (χ1) is 13.7. The van der Waals surface area contributed by atoms with E-state index in [-0.39, 0.29) is 0 Å². The third kappa shape index (κ3) is 5.17. The van der Waals surface area contributed by atoms with Crippen LogP contribution in [0.1, 0.15) is 75.5 Å². The van der Waals surface area contributed by atoms with E-state index in [4.69, 9.17) is 9.72 Å². The molecule has 1 aromatic heterocycles. The highest BCUT2D eigenvalue weighted by atomic mass is 16.5. The number of H-pyrrole nitrogens is 1. The summed E-state index contributed by atoms with van der Waals surface area (Å²) in [5.41, 5.74) is 2.48. The van der Waals surface area contributed by atoms with Crippen LogP contribution in [-0.4, -0.2) is 64.7 Å². The zero-order valence-corrected chi connectivity index (χ0v) is 18.1. The molecule has 1 unspecified atom stereocenters.